The molecule has 0 radical (unpaired) electrons. The molecule has 0 atom stereocenters. The molecule has 0 amide bonds. The van der Waals surface area contributed by atoms with Gasteiger partial charge in [0.15, 0.2) is 0 Å². The van der Waals surface area contributed by atoms with Gasteiger partial charge in [0.25, 0.3) is 0 Å². The van der Waals surface area contributed by atoms with E-state index in [1.165, 1.54) is 0 Å². The van der Waals surface area contributed by atoms with Gasteiger partial charge < -0.3 is 19.6 Å². The standard InChI is InChI=1S/C21H33N7/c1-6-10-14-27(13-9-4)20-22-19(26(11-7-2)12-8-3)23-21(24-20)28-17-15-25(5)16-18-28/h6-9H,1-4,10-18H2,5H3. The number of anilines is 3. The highest BCUT2D eigenvalue weighted by atomic mass is 15.4. The van der Waals surface area contributed by atoms with Crippen LogP contribution in [0.2, 0.25) is 0 Å². The van der Waals surface area contributed by atoms with Gasteiger partial charge in [0.1, 0.15) is 0 Å². The van der Waals surface area contributed by atoms with Crippen molar-refractivity contribution in [2.45, 2.75) is 6.42 Å². The third-order valence-electron chi connectivity index (χ3n) is 4.60. The predicted octanol–water partition coefficient (Wildman–Crippen LogP) is 2.37. The molecule has 1 aromatic rings. The van der Waals surface area contributed by atoms with Crippen molar-refractivity contribution in [3.05, 3.63) is 50.6 Å². The van der Waals surface area contributed by atoms with E-state index >= 15 is 0 Å². The van der Waals surface area contributed by atoms with Crippen LogP contribution in [0.15, 0.2) is 50.6 Å². The van der Waals surface area contributed by atoms with Gasteiger partial charge in [0.05, 0.1) is 0 Å². The zero-order valence-corrected chi connectivity index (χ0v) is 17.1. The fourth-order valence-electron chi connectivity index (χ4n) is 3.00. The molecule has 0 bridgehead atoms. The summed E-state index contributed by atoms with van der Waals surface area (Å²) in [5.41, 5.74) is 0. The van der Waals surface area contributed by atoms with Crippen LogP contribution < -0.4 is 14.7 Å². The van der Waals surface area contributed by atoms with Crippen molar-refractivity contribution in [2.75, 3.05) is 74.1 Å². The summed E-state index contributed by atoms with van der Waals surface area (Å²) in [6.07, 6.45) is 8.32. The monoisotopic (exact) mass is 383 g/mol. The Hall–Kier alpha value is -2.67. The van der Waals surface area contributed by atoms with Crippen molar-refractivity contribution in [1.82, 2.24) is 19.9 Å². The van der Waals surface area contributed by atoms with E-state index in [4.69, 9.17) is 15.0 Å². The second-order valence-electron chi connectivity index (χ2n) is 6.82. The first-order chi connectivity index (χ1) is 13.6. The number of likely N-dealkylation sites (N-methyl/N-ethyl adjacent to an activating group) is 1. The van der Waals surface area contributed by atoms with E-state index in [9.17, 15) is 0 Å². The molecule has 2 rings (SSSR count). The molecular weight excluding hydrogens is 350 g/mol. The molecular formula is C21H33N7. The fourth-order valence-corrected chi connectivity index (χ4v) is 3.00. The molecule has 7 nitrogen and oxygen atoms in total. The predicted molar refractivity (Wildman–Crippen MR) is 119 cm³/mol. The van der Waals surface area contributed by atoms with E-state index in [1.807, 2.05) is 29.2 Å². The van der Waals surface area contributed by atoms with Crippen LogP contribution in [0.3, 0.4) is 0 Å². The SMILES string of the molecule is C=CCCN(CC=C)c1nc(N(CC=C)CC=C)nc(N2CCN(C)CC2)n1. The summed E-state index contributed by atoms with van der Waals surface area (Å²) in [7, 11) is 2.14. The molecule has 1 aliphatic rings. The Labute approximate surface area is 169 Å². The molecule has 0 aliphatic carbocycles. The van der Waals surface area contributed by atoms with Crippen LogP contribution in [0.1, 0.15) is 6.42 Å². The molecule has 7 heteroatoms. The fraction of sp³-hybridized carbons (Fsp3) is 0.476. The molecule has 152 valence electrons. The lowest BCUT2D eigenvalue weighted by atomic mass is 10.3. The topological polar surface area (TPSA) is 51.6 Å². The average Bonchev–Trinajstić information content (AvgIpc) is 2.71. The second kappa shape index (κ2) is 11.2. The highest BCUT2D eigenvalue weighted by molar-refractivity contribution is 5.48. The minimum atomic E-state index is 0.645. The van der Waals surface area contributed by atoms with Gasteiger partial charge in [-0.2, -0.15) is 15.0 Å². The Bertz CT molecular complexity index is 655. The molecule has 1 saturated heterocycles. The van der Waals surface area contributed by atoms with Crippen molar-refractivity contribution in [3.63, 3.8) is 0 Å². The minimum Gasteiger partial charge on any atom is -0.338 e. The maximum absolute atomic E-state index is 4.81. The number of hydrogen-bond acceptors (Lipinski definition) is 7. The van der Waals surface area contributed by atoms with Crippen LogP contribution in [0.5, 0.6) is 0 Å². The molecule has 28 heavy (non-hydrogen) atoms. The van der Waals surface area contributed by atoms with Crippen molar-refractivity contribution in [2.24, 2.45) is 0 Å². The summed E-state index contributed by atoms with van der Waals surface area (Å²) >= 11 is 0. The average molecular weight is 384 g/mol. The van der Waals surface area contributed by atoms with Gasteiger partial charge in [-0.05, 0) is 13.5 Å². The Morgan fingerprint density at radius 1 is 0.786 bits per heavy atom. The second-order valence-corrected chi connectivity index (χ2v) is 6.82. The number of rotatable bonds is 12. The van der Waals surface area contributed by atoms with E-state index in [0.29, 0.717) is 31.5 Å². The maximum atomic E-state index is 4.81. The first kappa shape index (κ1) is 21.6. The quantitative estimate of drug-likeness (QED) is 0.514. The zero-order valence-electron chi connectivity index (χ0n) is 17.1. The molecule has 0 unspecified atom stereocenters. The first-order valence-corrected chi connectivity index (χ1v) is 9.76. The van der Waals surface area contributed by atoms with Crippen LogP contribution >= 0.6 is 0 Å². The highest BCUT2D eigenvalue weighted by Crippen LogP contribution is 2.20. The lowest BCUT2D eigenvalue weighted by Gasteiger charge is -2.33. The Balaban J connectivity index is 2.43. The molecule has 1 aromatic heterocycles. The molecule has 0 saturated carbocycles. The summed E-state index contributed by atoms with van der Waals surface area (Å²) in [6.45, 7) is 21.9. The van der Waals surface area contributed by atoms with E-state index in [0.717, 1.165) is 45.1 Å². The first-order valence-electron chi connectivity index (χ1n) is 9.76. The van der Waals surface area contributed by atoms with E-state index < -0.39 is 0 Å². The van der Waals surface area contributed by atoms with Crippen molar-refractivity contribution in [3.8, 4) is 0 Å². The summed E-state index contributed by atoms with van der Waals surface area (Å²) in [6, 6.07) is 0. The van der Waals surface area contributed by atoms with Crippen LogP contribution in [0.4, 0.5) is 17.8 Å². The lowest BCUT2D eigenvalue weighted by Crippen LogP contribution is -2.45. The normalized spacial score (nSPS) is 14.4. The summed E-state index contributed by atoms with van der Waals surface area (Å²) < 4.78 is 0. The molecule has 2 heterocycles. The molecule has 1 aliphatic heterocycles. The van der Waals surface area contributed by atoms with Gasteiger partial charge in [0.2, 0.25) is 17.8 Å². The Morgan fingerprint density at radius 3 is 1.86 bits per heavy atom. The van der Waals surface area contributed by atoms with Gasteiger partial charge in [-0.1, -0.05) is 24.3 Å². The van der Waals surface area contributed by atoms with Crippen molar-refractivity contribution < 1.29 is 0 Å². The summed E-state index contributed by atoms with van der Waals surface area (Å²) in [5, 5.41) is 0. The zero-order chi connectivity index (χ0) is 20.4. The summed E-state index contributed by atoms with van der Waals surface area (Å²) in [4.78, 5) is 23.1. The van der Waals surface area contributed by atoms with Gasteiger partial charge in [-0.15, -0.1) is 26.3 Å². The highest BCUT2D eigenvalue weighted by Gasteiger charge is 2.21. The van der Waals surface area contributed by atoms with Crippen LogP contribution in [-0.2, 0) is 0 Å². The van der Waals surface area contributed by atoms with E-state index in [-0.39, 0.29) is 0 Å². The van der Waals surface area contributed by atoms with Crippen molar-refractivity contribution in [1.29, 1.82) is 0 Å². The van der Waals surface area contributed by atoms with Gasteiger partial charge in [-0.3, -0.25) is 0 Å². The van der Waals surface area contributed by atoms with E-state index in [2.05, 4.69) is 48.1 Å². The largest absolute Gasteiger partial charge is 0.338 e. The third kappa shape index (κ3) is 5.92. The molecule has 0 spiro atoms. The van der Waals surface area contributed by atoms with Crippen LogP contribution in [0, 0.1) is 0 Å². The number of nitrogens with zero attached hydrogens (tertiary/aromatic N) is 7. The molecule has 0 N–H and O–H groups in total. The number of piperazine rings is 1. The van der Waals surface area contributed by atoms with Crippen molar-refractivity contribution >= 4 is 17.8 Å². The van der Waals surface area contributed by atoms with E-state index in [1.54, 1.807) is 0 Å². The summed E-state index contributed by atoms with van der Waals surface area (Å²) in [5.74, 6) is 2.03. The smallest absolute Gasteiger partial charge is 0.232 e. The third-order valence-corrected chi connectivity index (χ3v) is 4.60. The Kier molecular flexibility index (Phi) is 8.68. The molecule has 0 aromatic carbocycles. The Morgan fingerprint density at radius 2 is 1.32 bits per heavy atom. The van der Waals surface area contributed by atoms with Crippen LogP contribution in [0.25, 0.3) is 0 Å². The van der Waals surface area contributed by atoms with Gasteiger partial charge >= 0.3 is 0 Å². The molecule has 1 fully saturated rings. The van der Waals surface area contributed by atoms with Gasteiger partial charge in [0, 0.05) is 52.4 Å². The maximum Gasteiger partial charge on any atom is 0.232 e. The van der Waals surface area contributed by atoms with Crippen LogP contribution in [-0.4, -0.2) is 79.3 Å². The lowest BCUT2D eigenvalue weighted by molar-refractivity contribution is 0.311. The van der Waals surface area contributed by atoms with Gasteiger partial charge in [-0.25, -0.2) is 0 Å². The number of hydrogen-bond donors (Lipinski definition) is 0. The number of aromatic nitrogens is 3. The minimum absolute atomic E-state index is 0.645.